The van der Waals surface area contributed by atoms with Crippen molar-refractivity contribution >= 4 is 45.4 Å². The van der Waals surface area contributed by atoms with Crippen LogP contribution in [-0.2, 0) is 17.8 Å². The van der Waals surface area contributed by atoms with Crippen LogP contribution in [0.1, 0.15) is 30.5 Å². The lowest BCUT2D eigenvalue weighted by molar-refractivity contribution is -0.116. The summed E-state index contributed by atoms with van der Waals surface area (Å²) in [6, 6.07) is 18.3. The van der Waals surface area contributed by atoms with E-state index in [9.17, 15) is 9.18 Å². The first-order valence-corrected chi connectivity index (χ1v) is 13.0. The van der Waals surface area contributed by atoms with Gasteiger partial charge in [-0.15, -0.1) is 0 Å². The van der Waals surface area contributed by atoms with E-state index in [0.717, 1.165) is 22.1 Å². The van der Waals surface area contributed by atoms with Gasteiger partial charge in [-0.1, -0.05) is 64.9 Å². The molecule has 0 bridgehead atoms. The van der Waals surface area contributed by atoms with Crippen molar-refractivity contribution in [3.8, 4) is 11.5 Å². The molecule has 4 rings (SSSR count). The van der Waals surface area contributed by atoms with Gasteiger partial charge in [0.1, 0.15) is 12.4 Å². The molecule has 0 saturated carbocycles. The standard InChI is InChI=1S/C27H26BrFN2O3S/c1-3-17-9-11-20(12-10-17)30-27-31-26(32)25(35-27)14-19-13-23(33-4-2)24(15-21(19)28)34-16-18-7-5-6-8-22(18)29/h5-15,27,30H,3-4,16H2,1-2H3,(H,31,32)/b25-14-/t27-/m0/s1. The Balaban J connectivity index is 1.50. The minimum atomic E-state index is -0.320. The van der Waals surface area contributed by atoms with Crippen LogP contribution in [0.15, 0.2) is 70.0 Å². The maximum absolute atomic E-state index is 14.0. The summed E-state index contributed by atoms with van der Waals surface area (Å²) in [6.45, 7) is 4.50. The SMILES string of the molecule is CCOc1cc(/C=C2\S[C@@H](Nc3ccc(CC)cc3)NC2=O)c(Br)cc1OCc1ccccc1F. The highest BCUT2D eigenvalue weighted by molar-refractivity contribution is 9.10. The molecule has 3 aromatic rings. The number of carbonyl (C=O) groups excluding carboxylic acids is 1. The highest BCUT2D eigenvalue weighted by atomic mass is 79.9. The summed E-state index contributed by atoms with van der Waals surface area (Å²) in [7, 11) is 0. The number of benzene rings is 3. The first-order chi connectivity index (χ1) is 17.0. The summed E-state index contributed by atoms with van der Waals surface area (Å²) < 4.78 is 26.4. The zero-order valence-corrected chi connectivity index (χ0v) is 21.8. The molecule has 1 aliphatic heterocycles. The summed E-state index contributed by atoms with van der Waals surface area (Å²) in [4.78, 5) is 13.2. The third-order valence-electron chi connectivity index (χ3n) is 5.38. The molecule has 5 nitrogen and oxygen atoms in total. The van der Waals surface area contributed by atoms with E-state index < -0.39 is 0 Å². The van der Waals surface area contributed by atoms with Gasteiger partial charge in [0.15, 0.2) is 17.0 Å². The van der Waals surface area contributed by atoms with E-state index in [1.807, 2.05) is 31.2 Å². The number of anilines is 1. The van der Waals surface area contributed by atoms with Gasteiger partial charge in [0.05, 0.1) is 11.5 Å². The van der Waals surface area contributed by atoms with Gasteiger partial charge in [-0.2, -0.15) is 0 Å². The number of hydrogen-bond donors (Lipinski definition) is 2. The molecule has 2 N–H and O–H groups in total. The van der Waals surface area contributed by atoms with Crippen LogP contribution in [0.25, 0.3) is 6.08 Å². The molecular formula is C27H26BrFN2O3S. The normalized spacial score (nSPS) is 16.3. The Hall–Kier alpha value is -2.97. The largest absolute Gasteiger partial charge is 0.490 e. The fourth-order valence-corrected chi connectivity index (χ4v) is 4.92. The minimum absolute atomic E-state index is 0.0739. The predicted octanol–water partition coefficient (Wildman–Crippen LogP) is 6.73. The van der Waals surface area contributed by atoms with Gasteiger partial charge in [0.25, 0.3) is 5.91 Å². The topological polar surface area (TPSA) is 59.6 Å². The number of nitrogens with one attached hydrogen (secondary N) is 2. The van der Waals surface area contributed by atoms with Gasteiger partial charge in [0.2, 0.25) is 0 Å². The van der Waals surface area contributed by atoms with Gasteiger partial charge in [0, 0.05) is 15.7 Å². The molecule has 0 unspecified atom stereocenters. The van der Waals surface area contributed by atoms with Crippen LogP contribution in [0.3, 0.4) is 0 Å². The van der Waals surface area contributed by atoms with Gasteiger partial charge >= 0.3 is 0 Å². The predicted molar refractivity (Wildman–Crippen MR) is 143 cm³/mol. The summed E-state index contributed by atoms with van der Waals surface area (Å²) in [5.41, 5.74) is 3.17. The van der Waals surface area contributed by atoms with E-state index in [2.05, 4.69) is 45.6 Å². The van der Waals surface area contributed by atoms with Crippen molar-refractivity contribution in [2.75, 3.05) is 11.9 Å². The van der Waals surface area contributed by atoms with Crippen molar-refractivity contribution in [1.82, 2.24) is 5.32 Å². The molecule has 0 spiro atoms. The lowest BCUT2D eigenvalue weighted by atomic mass is 10.1. The Morgan fingerprint density at radius 2 is 1.83 bits per heavy atom. The maximum atomic E-state index is 14.0. The maximum Gasteiger partial charge on any atom is 0.260 e. The fourth-order valence-electron chi connectivity index (χ4n) is 3.51. The average molecular weight is 557 g/mol. The number of halogens is 2. The molecule has 0 radical (unpaired) electrons. The molecule has 1 fully saturated rings. The van der Waals surface area contributed by atoms with Crippen molar-refractivity contribution in [2.24, 2.45) is 0 Å². The molecule has 1 atom stereocenters. The Morgan fingerprint density at radius 1 is 1.09 bits per heavy atom. The smallest absolute Gasteiger partial charge is 0.260 e. The van der Waals surface area contributed by atoms with E-state index in [0.29, 0.717) is 28.6 Å². The van der Waals surface area contributed by atoms with E-state index in [1.54, 1.807) is 24.3 Å². The summed E-state index contributed by atoms with van der Waals surface area (Å²) >= 11 is 4.99. The average Bonchev–Trinajstić information content (AvgIpc) is 3.19. The molecule has 0 aliphatic carbocycles. The zero-order valence-electron chi connectivity index (χ0n) is 19.4. The number of carbonyl (C=O) groups is 1. The monoisotopic (exact) mass is 556 g/mol. The number of rotatable bonds is 9. The quantitative estimate of drug-likeness (QED) is 0.286. The number of ether oxygens (including phenoxy) is 2. The molecular weight excluding hydrogens is 531 g/mol. The second-order valence-electron chi connectivity index (χ2n) is 7.81. The highest BCUT2D eigenvalue weighted by Gasteiger charge is 2.27. The Kier molecular flexibility index (Phi) is 8.36. The van der Waals surface area contributed by atoms with Crippen molar-refractivity contribution in [2.45, 2.75) is 32.4 Å². The summed E-state index contributed by atoms with van der Waals surface area (Å²) in [6.07, 6.45) is 2.79. The van der Waals surface area contributed by atoms with Crippen LogP contribution >= 0.6 is 27.7 Å². The number of hydrogen-bond acceptors (Lipinski definition) is 5. The molecule has 1 amide bonds. The van der Waals surface area contributed by atoms with Crippen molar-refractivity contribution in [3.63, 3.8) is 0 Å². The fraction of sp³-hybridized carbons (Fsp3) is 0.222. The molecule has 3 aromatic carbocycles. The third-order valence-corrected chi connectivity index (χ3v) is 7.10. The summed E-state index contributed by atoms with van der Waals surface area (Å²) in [5.74, 6) is 0.540. The minimum Gasteiger partial charge on any atom is -0.490 e. The summed E-state index contributed by atoms with van der Waals surface area (Å²) in [5, 5.41) is 6.29. The molecule has 182 valence electrons. The van der Waals surface area contributed by atoms with Crippen LogP contribution < -0.4 is 20.1 Å². The first kappa shape index (κ1) is 25.1. The van der Waals surface area contributed by atoms with E-state index in [-0.39, 0.29) is 23.8 Å². The Labute approximate surface area is 217 Å². The van der Waals surface area contributed by atoms with E-state index >= 15 is 0 Å². The second kappa shape index (κ2) is 11.6. The Bertz CT molecular complexity index is 1230. The van der Waals surface area contributed by atoms with Crippen molar-refractivity contribution < 1.29 is 18.7 Å². The molecule has 1 saturated heterocycles. The van der Waals surface area contributed by atoms with Gasteiger partial charge in [-0.3, -0.25) is 4.79 Å². The van der Waals surface area contributed by atoms with Crippen molar-refractivity contribution in [1.29, 1.82) is 0 Å². The van der Waals surface area contributed by atoms with Crippen LogP contribution in [0, 0.1) is 5.82 Å². The van der Waals surface area contributed by atoms with Gasteiger partial charge in [-0.05, 0) is 60.9 Å². The first-order valence-electron chi connectivity index (χ1n) is 11.3. The van der Waals surface area contributed by atoms with Gasteiger partial charge in [-0.25, -0.2) is 4.39 Å². The number of amides is 1. The molecule has 1 heterocycles. The third kappa shape index (κ3) is 6.38. The van der Waals surface area contributed by atoms with Crippen molar-refractivity contribution in [3.05, 3.63) is 92.5 Å². The highest BCUT2D eigenvalue weighted by Crippen LogP contribution is 2.38. The van der Waals surface area contributed by atoms with Crippen LogP contribution in [-0.4, -0.2) is 18.0 Å². The molecule has 8 heteroatoms. The second-order valence-corrected chi connectivity index (χ2v) is 9.81. The van der Waals surface area contributed by atoms with Crippen LogP contribution in [0.4, 0.5) is 10.1 Å². The van der Waals surface area contributed by atoms with Crippen LogP contribution in [0.5, 0.6) is 11.5 Å². The lowest BCUT2D eigenvalue weighted by Gasteiger charge is -2.14. The number of thioether (sulfide) groups is 1. The number of aryl methyl sites for hydroxylation is 1. The van der Waals surface area contributed by atoms with Crippen LogP contribution in [0.2, 0.25) is 0 Å². The van der Waals surface area contributed by atoms with Gasteiger partial charge < -0.3 is 20.1 Å². The molecule has 0 aromatic heterocycles. The Morgan fingerprint density at radius 3 is 2.54 bits per heavy atom. The molecule has 1 aliphatic rings. The van der Waals surface area contributed by atoms with E-state index in [4.69, 9.17) is 9.47 Å². The lowest BCUT2D eigenvalue weighted by Crippen LogP contribution is -2.30. The molecule has 35 heavy (non-hydrogen) atoms. The van der Waals surface area contributed by atoms with E-state index in [1.165, 1.54) is 23.4 Å². The zero-order chi connectivity index (χ0) is 24.8.